The first-order valence-electron chi connectivity index (χ1n) is 14.1. The maximum atomic E-state index is 4.91. The van der Waals surface area contributed by atoms with Gasteiger partial charge in [-0.1, -0.05) is 146 Å². The zero-order chi connectivity index (χ0) is 27.9. The van der Waals surface area contributed by atoms with Gasteiger partial charge in [-0.3, -0.25) is 0 Å². The Kier molecular flexibility index (Phi) is 5.79. The van der Waals surface area contributed by atoms with Crippen molar-refractivity contribution >= 4 is 32.3 Å². The quantitative estimate of drug-likeness (QED) is 0.166. The van der Waals surface area contributed by atoms with E-state index in [1.54, 1.807) is 0 Å². The molecule has 3 nitrogen and oxygen atoms in total. The summed E-state index contributed by atoms with van der Waals surface area (Å²) in [5.74, 6) is 1.98. The van der Waals surface area contributed by atoms with Gasteiger partial charge in [0.15, 0.2) is 17.5 Å². The molecule has 0 N–H and O–H groups in total. The predicted octanol–water partition coefficient (Wildman–Crippen LogP) is 10.00. The maximum Gasteiger partial charge on any atom is 0.164 e. The molecule has 7 aromatic carbocycles. The maximum absolute atomic E-state index is 4.91. The largest absolute Gasteiger partial charge is 0.208 e. The highest BCUT2D eigenvalue weighted by molar-refractivity contribution is 6.20. The highest BCUT2D eigenvalue weighted by Gasteiger charge is 2.15. The van der Waals surface area contributed by atoms with Gasteiger partial charge in [-0.15, -0.1) is 0 Å². The molecule has 196 valence electrons. The fraction of sp³-hybridized carbons (Fsp3) is 0. The first-order chi connectivity index (χ1) is 20.8. The third kappa shape index (κ3) is 4.20. The second-order valence-electron chi connectivity index (χ2n) is 10.5. The van der Waals surface area contributed by atoms with Crippen LogP contribution in [-0.2, 0) is 0 Å². The summed E-state index contributed by atoms with van der Waals surface area (Å²) in [5, 5.41) is 7.51. The van der Waals surface area contributed by atoms with E-state index < -0.39 is 0 Å². The smallest absolute Gasteiger partial charge is 0.164 e. The van der Waals surface area contributed by atoms with Crippen LogP contribution in [0.25, 0.3) is 77.6 Å². The molecule has 0 aliphatic carbocycles. The lowest BCUT2D eigenvalue weighted by Crippen LogP contribution is -2.00. The normalized spacial score (nSPS) is 11.3. The summed E-state index contributed by atoms with van der Waals surface area (Å²) in [6.07, 6.45) is 0. The third-order valence-electron chi connectivity index (χ3n) is 7.90. The lowest BCUT2D eigenvalue weighted by Gasteiger charge is -2.14. The van der Waals surface area contributed by atoms with Gasteiger partial charge in [0.2, 0.25) is 0 Å². The molecular formula is C39H25N3. The number of aromatic nitrogens is 3. The fourth-order valence-corrected chi connectivity index (χ4v) is 5.85. The summed E-state index contributed by atoms with van der Waals surface area (Å²) in [6, 6.07) is 52.9. The number of fused-ring (bicyclic) bond motifs is 4. The molecule has 3 heteroatoms. The predicted molar refractivity (Wildman–Crippen MR) is 174 cm³/mol. The van der Waals surface area contributed by atoms with Crippen LogP contribution in [0.15, 0.2) is 152 Å². The highest BCUT2D eigenvalue weighted by Crippen LogP contribution is 2.39. The van der Waals surface area contributed by atoms with Crippen LogP contribution >= 0.6 is 0 Å². The Hall–Kier alpha value is -5.67. The van der Waals surface area contributed by atoms with Gasteiger partial charge in [-0.25, -0.2) is 15.0 Å². The van der Waals surface area contributed by atoms with E-state index in [4.69, 9.17) is 15.0 Å². The lowest BCUT2D eigenvalue weighted by atomic mass is 9.89. The summed E-state index contributed by atoms with van der Waals surface area (Å²) in [5.41, 5.74) is 5.28. The fourth-order valence-electron chi connectivity index (χ4n) is 5.85. The molecule has 8 aromatic rings. The summed E-state index contributed by atoms with van der Waals surface area (Å²) in [6.45, 7) is 0. The number of rotatable bonds is 4. The SMILES string of the molecule is c1ccc(-c2nc(-c3ccccc3)nc(-c3ccc(-c4c5ccccc5cc5c4ccc4ccccc45)cc3)n2)cc1. The summed E-state index contributed by atoms with van der Waals surface area (Å²) >= 11 is 0. The molecule has 8 rings (SSSR count). The Bertz CT molecular complexity index is 2160. The highest BCUT2D eigenvalue weighted by atomic mass is 15.0. The number of nitrogens with zero attached hydrogens (tertiary/aromatic N) is 3. The molecule has 0 saturated carbocycles. The number of hydrogen-bond acceptors (Lipinski definition) is 3. The zero-order valence-electron chi connectivity index (χ0n) is 22.8. The van der Waals surface area contributed by atoms with E-state index in [2.05, 4.69) is 91.0 Å². The molecule has 0 saturated heterocycles. The van der Waals surface area contributed by atoms with E-state index in [-0.39, 0.29) is 0 Å². The molecule has 1 aromatic heterocycles. The third-order valence-corrected chi connectivity index (χ3v) is 7.90. The van der Waals surface area contributed by atoms with Crippen LogP contribution in [0, 0.1) is 0 Å². The van der Waals surface area contributed by atoms with Crippen molar-refractivity contribution in [3.05, 3.63) is 152 Å². The van der Waals surface area contributed by atoms with Gasteiger partial charge in [0, 0.05) is 16.7 Å². The van der Waals surface area contributed by atoms with Gasteiger partial charge in [0.1, 0.15) is 0 Å². The zero-order valence-corrected chi connectivity index (χ0v) is 22.8. The molecule has 0 atom stereocenters. The first kappa shape index (κ1) is 24.2. The molecule has 0 unspecified atom stereocenters. The Morgan fingerprint density at radius 2 is 0.762 bits per heavy atom. The average Bonchev–Trinajstić information content (AvgIpc) is 3.08. The van der Waals surface area contributed by atoms with Crippen LogP contribution < -0.4 is 0 Å². The molecule has 1 heterocycles. The van der Waals surface area contributed by atoms with Crippen molar-refractivity contribution in [2.24, 2.45) is 0 Å². The number of hydrogen-bond donors (Lipinski definition) is 0. The monoisotopic (exact) mass is 535 g/mol. The van der Waals surface area contributed by atoms with Gasteiger partial charge in [0.05, 0.1) is 0 Å². The molecule has 0 aliphatic rings. The Balaban J connectivity index is 1.30. The van der Waals surface area contributed by atoms with E-state index in [0.717, 1.165) is 22.3 Å². The Morgan fingerprint density at radius 3 is 1.38 bits per heavy atom. The Morgan fingerprint density at radius 1 is 0.286 bits per heavy atom. The van der Waals surface area contributed by atoms with E-state index in [1.165, 1.54) is 37.9 Å². The second kappa shape index (κ2) is 10.1. The van der Waals surface area contributed by atoms with Crippen LogP contribution in [0.2, 0.25) is 0 Å². The van der Waals surface area contributed by atoms with Crippen molar-refractivity contribution in [3.8, 4) is 45.3 Å². The molecule has 0 radical (unpaired) electrons. The van der Waals surface area contributed by atoms with Crippen molar-refractivity contribution in [2.75, 3.05) is 0 Å². The van der Waals surface area contributed by atoms with E-state index in [1.807, 2.05) is 60.7 Å². The van der Waals surface area contributed by atoms with Crippen LogP contribution in [0.5, 0.6) is 0 Å². The Labute approximate surface area is 243 Å². The molecular weight excluding hydrogens is 510 g/mol. The van der Waals surface area contributed by atoms with Crippen molar-refractivity contribution in [2.45, 2.75) is 0 Å². The molecule has 42 heavy (non-hydrogen) atoms. The minimum Gasteiger partial charge on any atom is -0.208 e. The van der Waals surface area contributed by atoms with Crippen molar-refractivity contribution < 1.29 is 0 Å². The summed E-state index contributed by atoms with van der Waals surface area (Å²) < 4.78 is 0. The molecule has 0 fully saturated rings. The summed E-state index contributed by atoms with van der Waals surface area (Å²) in [7, 11) is 0. The molecule has 0 spiro atoms. The molecule has 0 bridgehead atoms. The van der Waals surface area contributed by atoms with E-state index >= 15 is 0 Å². The number of benzene rings is 7. The van der Waals surface area contributed by atoms with Crippen LogP contribution in [-0.4, -0.2) is 15.0 Å². The van der Waals surface area contributed by atoms with Crippen molar-refractivity contribution in [1.82, 2.24) is 15.0 Å². The van der Waals surface area contributed by atoms with Crippen LogP contribution in [0.1, 0.15) is 0 Å². The topological polar surface area (TPSA) is 38.7 Å². The standard InChI is InChI=1S/C39H25N3/c1-3-12-28(13-4-1)37-40-38(29-14-5-2-6-15-29)42-39(41-37)30-21-19-27(20-22-30)36-33-18-10-8-16-31(33)25-35-32-17-9-7-11-26(32)23-24-34(35)36/h1-25H. The van der Waals surface area contributed by atoms with Crippen molar-refractivity contribution in [3.63, 3.8) is 0 Å². The molecule has 0 amide bonds. The van der Waals surface area contributed by atoms with Gasteiger partial charge >= 0.3 is 0 Å². The first-order valence-corrected chi connectivity index (χ1v) is 14.1. The van der Waals surface area contributed by atoms with Gasteiger partial charge in [-0.05, 0) is 49.5 Å². The van der Waals surface area contributed by atoms with Crippen LogP contribution in [0.4, 0.5) is 0 Å². The van der Waals surface area contributed by atoms with Crippen LogP contribution in [0.3, 0.4) is 0 Å². The van der Waals surface area contributed by atoms with Gasteiger partial charge in [-0.2, -0.15) is 0 Å². The lowest BCUT2D eigenvalue weighted by molar-refractivity contribution is 1.07. The average molecular weight is 536 g/mol. The minimum absolute atomic E-state index is 0.656. The van der Waals surface area contributed by atoms with Gasteiger partial charge < -0.3 is 0 Å². The van der Waals surface area contributed by atoms with E-state index in [0.29, 0.717) is 17.5 Å². The van der Waals surface area contributed by atoms with E-state index in [9.17, 15) is 0 Å². The second-order valence-corrected chi connectivity index (χ2v) is 10.5. The van der Waals surface area contributed by atoms with Crippen molar-refractivity contribution in [1.29, 1.82) is 0 Å². The molecule has 0 aliphatic heterocycles. The summed E-state index contributed by atoms with van der Waals surface area (Å²) in [4.78, 5) is 14.7. The van der Waals surface area contributed by atoms with Gasteiger partial charge in [0.25, 0.3) is 0 Å². The minimum atomic E-state index is 0.656.